The third-order valence-corrected chi connectivity index (χ3v) is 3.48. The predicted octanol–water partition coefficient (Wildman–Crippen LogP) is 0.855. The molecule has 2 rings (SSSR count). The first kappa shape index (κ1) is 12.5. The molecule has 6 heteroatoms. The van der Waals surface area contributed by atoms with Crippen LogP contribution in [0.1, 0.15) is 25.0 Å². The van der Waals surface area contributed by atoms with Crippen LogP contribution in [-0.2, 0) is 11.2 Å². The molecule has 98 valence electrons. The second kappa shape index (κ2) is 5.12. The number of amides is 1. The molecule has 18 heavy (non-hydrogen) atoms. The molecule has 6 nitrogen and oxygen atoms in total. The molecule has 0 spiro atoms. The van der Waals surface area contributed by atoms with Gasteiger partial charge in [0.2, 0.25) is 5.91 Å². The Morgan fingerprint density at radius 2 is 2.39 bits per heavy atom. The molecular formula is C12H17N3O3. The average molecular weight is 251 g/mol. The smallest absolute Gasteiger partial charge is 0.233 e. The summed E-state index contributed by atoms with van der Waals surface area (Å²) in [7, 11) is 0. The molecule has 1 amide bonds. The Morgan fingerprint density at radius 1 is 1.61 bits per heavy atom. The summed E-state index contributed by atoms with van der Waals surface area (Å²) in [6, 6.07) is 3.66. The van der Waals surface area contributed by atoms with Crippen molar-refractivity contribution in [3.8, 4) is 0 Å². The van der Waals surface area contributed by atoms with Crippen LogP contribution >= 0.6 is 0 Å². The fraction of sp³-hybridized carbons (Fsp3) is 0.500. The Bertz CT molecular complexity index is 435. The third kappa shape index (κ3) is 2.18. The molecule has 1 aliphatic carbocycles. The van der Waals surface area contributed by atoms with Gasteiger partial charge in [0.1, 0.15) is 11.2 Å². The zero-order valence-electron chi connectivity index (χ0n) is 10.1. The van der Waals surface area contributed by atoms with E-state index in [1.165, 1.54) is 0 Å². The van der Waals surface area contributed by atoms with E-state index in [0.717, 1.165) is 12.2 Å². The predicted molar refractivity (Wildman–Crippen MR) is 65.1 cm³/mol. The number of oxime groups is 1. The number of rotatable bonds is 5. The van der Waals surface area contributed by atoms with Gasteiger partial charge in [-0.15, -0.1) is 0 Å². The lowest BCUT2D eigenvalue weighted by Gasteiger charge is -2.38. The summed E-state index contributed by atoms with van der Waals surface area (Å²) in [6.45, 7) is 0.479. The Morgan fingerprint density at radius 3 is 2.89 bits per heavy atom. The highest BCUT2D eigenvalue weighted by atomic mass is 16.4. The molecule has 1 aliphatic rings. The summed E-state index contributed by atoms with van der Waals surface area (Å²) in [5.41, 5.74) is 4.79. The number of carbonyl (C=O) groups is 1. The lowest BCUT2D eigenvalue weighted by molar-refractivity contribution is -0.131. The number of hydrogen-bond donors (Lipinski definition) is 3. The zero-order valence-corrected chi connectivity index (χ0v) is 10.1. The fourth-order valence-electron chi connectivity index (χ4n) is 2.15. The van der Waals surface area contributed by atoms with Crippen molar-refractivity contribution in [3.05, 3.63) is 24.2 Å². The van der Waals surface area contributed by atoms with Crippen molar-refractivity contribution in [3.63, 3.8) is 0 Å². The summed E-state index contributed by atoms with van der Waals surface area (Å²) < 4.78 is 5.17. The van der Waals surface area contributed by atoms with Crippen molar-refractivity contribution in [1.82, 2.24) is 5.32 Å². The van der Waals surface area contributed by atoms with Gasteiger partial charge in [-0.2, -0.15) is 0 Å². The van der Waals surface area contributed by atoms with Crippen molar-refractivity contribution in [1.29, 1.82) is 0 Å². The highest BCUT2D eigenvalue weighted by Gasteiger charge is 2.48. The van der Waals surface area contributed by atoms with E-state index in [2.05, 4.69) is 10.5 Å². The molecule has 0 saturated heterocycles. The van der Waals surface area contributed by atoms with Crippen LogP contribution in [0.4, 0.5) is 0 Å². The number of nitrogens with zero attached hydrogens (tertiary/aromatic N) is 1. The number of amidine groups is 1. The highest BCUT2D eigenvalue weighted by molar-refractivity contribution is 6.07. The number of furan rings is 1. The Labute approximate surface area is 105 Å². The Hall–Kier alpha value is -1.98. The monoisotopic (exact) mass is 251 g/mol. The Kier molecular flexibility index (Phi) is 3.55. The third-order valence-electron chi connectivity index (χ3n) is 3.48. The van der Waals surface area contributed by atoms with Crippen LogP contribution in [0, 0.1) is 5.41 Å². The minimum Gasteiger partial charge on any atom is -0.469 e. The van der Waals surface area contributed by atoms with Crippen molar-refractivity contribution < 1.29 is 14.4 Å². The van der Waals surface area contributed by atoms with Gasteiger partial charge in [-0.1, -0.05) is 11.6 Å². The normalized spacial score (nSPS) is 18.1. The molecule has 1 fully saturated rings. The first-order valence-corrected chi connectivity index (χ1v) is 5.98. The maximum absolute atomic E-state index is 12.1. The summed E-state index contributed by atoms with van der Waals surface area (Å²) in [5.74, 6) is 0.654. The van der Waals surface area contributed by atoms with Crippen molar-refractivity contribution in [2.24, 2.45) is 16.3 Å². The maximum Gasteiger partial charge on any atom is 0.233 e. The van der Waals surface area contributed by atoms with Crippen LogP contribution in [-0.4, -0.2) is 23.5 Å². The molecule has 0 aromatic carbocycles. The van der Waals surface area contributed by atoms with Crippen LogP contribution in [0.5, 0.6) is 0 Å². The van der Waals surface area contributed by atoms with Crippen LogP contribution < -0.4 is 11.1 Å². The van der Waals surface area contributed by atoms with Gasteiger partial charge in [0.05, 0.1) is 6.26 Å². The number of nitrogens with one attached hydrogen (secondary N) is 1. The molecule has 1 heterocycles. The molecule has 0 aliphatic heterocycles. The maximum atomic E-state index is 12.1. The second-order valence-corrected chi connectivity index (χ2v) is 4.51. The minimum absolute atomic E-state index is 0.00393. The van der Waals surface area contributed by atoms with Gasteiger partial charge >= 0.3 is 0 Å². The molecule has 0 unspecified atom stereocenters. The van der Waals surface area contributed by atoms with E-state index in [1.54, 1.807) is 12.3 Å². The lowest BCUT2D eigenvalue weighted by atomic mass is 9.67. The molecule has 1 saturated carbocycles. The van der Waals surface area contributed by atoms with Gasteiger partial charge in [-0.25, -0.2) is 0 Å². The SMILES string of the molecule is N/C(=N/O)C1(C(=O)NCCc2ccco2)CCC1. The first-order valence-electron chi connectivity index (χ1n) is 5.98. The van der Waals surface area contributed by atoms with E-state index >= 15 is 0 Å². The number of carbonyl (C=O) groups excluding carboxylic acids is 1. The van der Waals surface area contributed by atoms with E-state index in [-0.39, 0.29) is 11.7 Å². The van der Waals surface area contributed by atoms with Gasteiger partial charge < -0.3 is 20.7 Å². The molecule has 0 radical (unpaired) electrons. The minimum atomic E-state index is -0.808. The largest absolute Gasteiger partial charge is 0.469 e. The molecule has 4 N–H and O–H groups in total. The zero-order chi connectivity index (χ0) is 13.0. The molecule has 1 aromatic heterocycles. The second-order valence-electron chi connectivity index (χ2n) is 4.51. The van der Waals surface area contributed by atoms with Crippen molar-refractivity contribution in [2.75, 3.05) is 6.54 Å². The summed E-state index contributed by atoms with van der Waals surface area (Å²) in [5, 5.41) is 14.5. The number of hydrogen-bond acceptors (Lipinski definition) is 4. The summed E-state index contributed by atoms with van der Waals surface area (Å²) >= 11 is 0. The first-order chi connectivity index (χ1) is 8.69. The Balaban J connectivity index is 1.87. The van der Waals surface area contributed by atoms with Crippen molar-refractivity contribution >= 4 is 11.7 Å². The van der Waals surface area contributed by atoms with Gasteiger partial charge in [0.15, 0.2) is 5.84 Å². The molecule has 0 atom stereocenters. The summed E-state index contributed by atoms with van der Waals surface area (Å²) in [4.78, 5) is 12.1. The van der Waals surface area contributed by atoms with Gasteiger partial charge in [-0.3, -0.25) is 4.79 Å². The van der Waals surface area contributed by atoms with Gasteiger partial charge in [0.25, 0.3) is 0 Å². The van der Waals surface area contributed by atoms with E-state index in [9.17, 15) is 4.79 Å². The fourth-order valence-corrected chi connectivity index (χ4v) is 2.15. The lowest BCUT2D eigenvalue weighted by Crippen LogP contribution is -2.54. The van der Waals surface area contributed by atoms with Crippen LogP contribution in [0.3, 0.4) is 0 Å². The quantitative estimate of drug-likeness (QED) is 0.312. The number of nitrogens with two attached hydrogens (primary N) is 1. The van der Waals surface area contributed by atoms with Crippen molar-refractivity contribution in [2.45, 2.75) is 25.7 Å². The van der Waals surface area contributed by atoms with Gasteiger partial charge in [-0.05, 0) is 25.0 Å². The van der Waals surface area contributed by atoms with Crippen LogP contribution in [0.15, 0.2) is 28.0 Å². The van der Waals surface area contributed by atoms with Crippen LogP contribution in [0.2, 0.25) is 0 Å². The average Bonchev–Trinajstić information content (AvgIpc) is 2.80. The van der Waals surface area contributed by atoms with E-state index in [4.69, 9.17) is 15.4 Å². The molecular weight excluding hydrogens is 234 g/mol. The molecule has 1 aromatic rings. The van der Waals surface area contributed by atoms with E-state index < -0.39 is 5.41 Å². The summed E-state index contributed by atoms with van der Waals surface area (Å²) in [6.07, 6.45) is 4.42. The topological polar surface area (TPSA) is 101 Å². The standard InChI is InChI=1S/C12H17N3O3/c13-10(15-17)12(5-2-6-12)11(16)14-7-4-9-3-1-8-18-9/h1,3,8,17H,2,4-7H2,(H2,13,15)(H,14,16). The highest BCUT2D eigenvalue weighted by Crippen LogP contribution is 2.41. The van der Waals surface area contributed by atoms with E-state index in [1.807, 2.05) is 6.07 Å². The van der Waals surface area contributed by atoms with E-state index in [0.29, 0.717) is 25.8 Å². The molecule has 0 bridgehead atoms. The van der Waals surface area contributed by atoms with Crippen LogP contribution in [0.25, 0.3) is 0 Å². The van der Waals surface area contributed by atoms with Gasteiger partial charge in [0, 0.05) is 13.0 Å².